The van der Waals surface area contributed by atoms with Gasteiger partial charge in [0.05, 0.1) is 13.2 Å². The molecule has 18 heavy (non-hydrogen) atoms. The lowest BCUT2D eigenvalue weighted by Crippen LogP contribution is -1.94. The second-order valence-electron chi connectivity index (χ2n) is 3.48. The first kappa shape index (κ1) is 16.5. The molecule has 6 heteroatoms. The minimum absolute atomic E-state index is 0.596. The molecule has 0 saturated heterocycles. The van der Waals surface area contributed by atoms with Crippen LogP contribution < -0.4 is 0 Å². The van der Waals surface area contributed by atoms with Crippen LogP contribution in [-0.2, 0) is 32.4 Å². The molecular weight excluding hydrogens is 303 g/mol. The van der Waals surface area contributed by atoms with E-state index in [-0.39, 0.29) is 0 Å². The van der Waals surface area contributed by atoms with Gasteiger partial charge in [0.15, 0.2) is 0 Å². The molecule has 0 bridgehead atoms. The van der Waals surface area contributed by atoms with Gasteiger partial charge in [0.2, 0.25) is 5.69 Å². The third-order valence-corrected chi connectivity index (χ3v) is 8.04. The highest BCUT2D eigenvalue weighted by molar-refractivity contribution is 8.67. The summed E-state index contributed by atoms with van der Waals surface area (Å²) in [5.74, 6) is 1.55. The molecular formula is C12H19O2PS3. The number of rotatable bonds is 8. The first-order valence-electron chi connectivity index (χ1n) is 5.86. The molecule has 0 N–H and O–H groups in total. The zero-order chi connectivity index (χ0) is 13.4. The molecule has 1 aromatic carbocycles. The van der Waals surface area contributed by atoms with Crippen molar-refractivity contribution in [3.63, 3.8) is 0 Å². The highest BCUT2D eigenvalue weighted by Gasteiger charge is 2.19. The van der Waals surface area contributed by atoms with Gasteiger partial charge in [-0.1, -0.05) is 35.6 Å². The van der Waals surface area contributed by atoms with Crippen LogP contribution in [0.15, 0.2) is 24.3 Å². The molecule has 0 fully saturated rings. The van der Waals surface area contributed by atoms with E-state index in [2.05, 4.69) is 24.8 Å². The van der Waals surface area contributed by atoms with Crippen molar-refractivity contribution in [2.24, 2.45) is 0 Å². The Hall–Kier alpha value is 0.490. The standard InChI is InChI=1S/C12H19O2PS3/c1-3-13-15(17,14-4-2)18-10-12-8-6-5-7-11(12)9-16/h5-8,16H,3-4,9-10H2,1-2H3. The van der Waals surface area contributed by atoms with E-state index in [1.165, 1.54) is 11.1 Å². The van der Waals surface area contributed by atoms with Gasteiger partial charge in [0.1, 0.15) is 0 Å². The normalized spacial score (nSPS) is 11.7. The predicted octanol–water partition coefficient (Wildman–Crippen LogP) is 4.65. The maximum atomic E-state index is 5.61. The van der Waals surface area contributed by atoms with Crippen LogP contribution in [0.5, 0.6) is 0 Å². The van der Waals surface area contributed by atoms with E-state index in [1.807, 2.05) is 26.0 Å². The fraction of sp³-hybridized carbons (Fsp3) is 0.500. The zero-order valence-corrected chi connectivity index (χ0v) is 14.1. The van der Waals surface area contributed by atoms with Crippen molar-refractivity contribution in [3.05, 3.63) is 35.4 Å². The molecule has 2 nitrogen and oxygen atoms in total. The Morgan fingerprint density at radius 2 is 1.72 bits per heavy atom. The summed E-state index contributed by atoms with van der Waals surface area (Å²) < 4.78 is 11.2. The topological polar surface area (TPSA) is 18.5 Å². The molecule has 1 aromatic rings. The Morgan fingerprint density at radius 3 is 2.22 bits per heavy atom. The molecule has 102 valence electrons. The molecule has 0 spiro atoms. The lowest BCUT2D eigenvalue weighted by atomic mass is 10.1. The van der Waals surface area contributed by atoms with Crippen LogP contribution in [0.2, 0.25) is 0 Å². The molecule has 0 amide bonds. The van der Waals surface area contributed by atoms with Crippen LogP contribution >= 0.6 is 29.7 Å². The van der Waals surface area contributed by atoms with Crippen molar-refractivity contribution in [2.45, 2.75) is 25.4 Å². The number of hydrogen-bond donors (Lipinski definition) is 1. The quantitative estimate of drug-likeness (QED) is 0.554. The largest absolute Gasteiger partial charge is 0.322 e. The minimum Gasteiger partial charge on any atom is -0.322 e. The molecule has 0 heterocycles. The molecule has 0 aliphatic rings. The molecule has 0 aromatic heterocycles. The van der Waals surface area contributed by atoms with Gasteiger partial charge in [-0.05, 0) is 36.8 Å². The van der Waals surface area contributed by atoms with Crippen LogP contribution in [0.4, 0.5) is 0 Å². The predicted molar refractivity (Wildman–Crippen MR) is 88.0 cm³/mol. The van der Waals surface area contributed by atoms with Gasteiger partial charge in [-0.2, -0.15) is 12.6 Å². The molecule has 0 unspecified atom stereocenters. The number of benzene rings is 1. The molecule has 0 saturated carbocycles. The molecule has 0 aliphatic heterocycles. The monoisotopic (exact) mass is 322 g/mol. The van der Waals surface area contributed by atoms with Crippen molar-refractivity contribution >= 4 is 41.5 Å². The lowest BCUT2D eigenvalue weighted by Gasteiger charge is -2.20. The van der Waals surface area contributed by atoms with Crippen LogP contribution in [0.3, 0.4) is 0 Å². The van der Waals surface area contributed by atoms with Crippen molar-refractivity contribution in [2.75, 3.05) is 13.2 Å². The second kappa shape index (κ2) is 8.62. The Balaban J connectivity index is 2.69. The smallest absolute Gasteiger partial charge is 0.247 e. The summed E-state index contributed by atoms with van der Waals surface area (Å²) in [6, 6.07) is 8.26. The van der Waals surface area contributed by atoms with Gasteiger partial charge in [0.25, 0.3) is 0 Å². The fourth-order valence-electron chi connectivity index (χ4n) is 1.43. The van der Waals surface area contributed by atoms with Crippen LogP contribution in [0.25, 0.3) is 0 Å². The van der Waals surface area contributed by atoms with Crippen molar-refractivity contribution < 1.29 is 9.05 Å². The Morgan fingerprint density at radius 1 is 1.17 bits per heavy atom. The minimum atomic E-state index is -2.19. The number of hydrogen-bond acceptors (Lipinski definition) is 5. The van der Waals surface area contributed by atoms with E-state index in [1.54, 1.807) is 11.4 Å². The maximum absolute atomic E-state index is 5.61. The Labute approximate surface area is 124 Å². The van der Waals surface area contributed by atoms with E-state index in [0.717, 1.165) is 11.5 Å². The molecule has 0 atom stereocenters. The third kappa shape index (κ3) is 5.24. The summed E-state index contributed by atoms with van der Waals surface area (Å²) in [6.45, 7) is 5.08. The van der Waals surface area contributed by atoms with E-state index in [9.17, 15) is 0 Å². The Kier molecular flexibility index (Phi) is 7.92. The van der Waals surface area contributed by atoms with E-state index in [0.29, 0.717) is 13.2 Å². The van der Waals surface area contributed by atoms with E-state index < -0.39 is 5.69 Å². The molecule has 0 aliphatic carbocycles. The lowest BCUT2D eigenvalue weighted by molar-refractivity contribution is 0.280. The van der Waals surface area contributed by atoms with Crippen LogP contribution in [0, 0.1) is 0 Å². The first-order chi connectivity index (χ1) is 8.65. The first-order valence-corrected chi connectivity index (χ1v) is 10.7. The van der Waals surface area contributed by atoms with Gasteiger partial charge in [0, 0.05) is 11.5 Å². The average Bonchev–Trinajstić information content (AvgIpc) is 2.37. The summed E-state index contributed by atoms with van der Waals surface area (Å²) in [5, 5.41) is 0. The van der Waals surface area contributed by atoms with Gasteiger partial charge in [-0.25, -0.2) is 0 Å². The highest BCUT2D eigenvalue weighted by atomic mass is 32.9. The zero-order valence-electron chi connectivity index (χ0n) is 10.7. The summed E-state index contributed by atoms with van der Waals surface area (Å²) in [5.41, 5.74) is 0.304. The second-order valence-corrected chi connectivity index (χ2v) is 10.1. The Bertz CT molecular complexity index is 402. The van der Waals surface area contributed by atoms with Gasteiger partial charge in [-0.15, -0.1) is 0 Å². The van der Waals surface area contributed by atoms with Gasteiger partial charge < -0.3 is 9.05 Å². The van der Waals surface area contributed by atoms with Crippen molar-refractivity contribution in [1.82, 2.24) is 0 Å². The number of thiol groups is 1. The van der Waals surface area contributed by atoms with Gasteiger partial charge in [-0.3, -0.25) is 0 Å². The van der Waals surface area contributed by atoms with Crippen LogP contribution in [0.1, 0.15) is 25.0 Å². The van der Waals surface area contributed by atoms with Crippen molar-refractivity contribution in [3.8, 4) is 0 Å². The fourth-order valence-corrected chi connectivity index (χ4v) is 6.25. The highest BCUT2D eigenvalue weighted by Crippen LogP contribution is 2.62. The molecule has 1 rings (SSSR count). The summed E-state index contributed by atoms with van der Waals surface area (Å²) >= 11 is 11.4. The maximum Gasteiger partial charge on any atom is 0.247 e. The summed E-state index contributed by atoms with van der Waals surface area (Å²) in [7, 11) is 0. The average molecular weight is 322 g/mol. The van der Waals surface area contributed by atoms with E-state index in [4.69, 9.17) is 20.9 Å². The SMILES string of the molecule is CCOP(=S)(OCC)SCc1ccccc1CS. The third-order valence-electron chi connectivity index (χ3n) is 2.24. The van der Waals surface area contributed by atoms with E-state index >= 15 is 0 Å². The van der Waals surface area contributed by atoms with Gasteiger partial charge >= 0.3 is 0 Å². The molecule has 0 radical (unpaired) electrons. The van der Waals surface area contributed by atoms with Crippen molar-refractivity contribution in [1.29, 1.82) is 0 Å². The van der Waals surface area contributed by atoms with Crippen LogP contribution in [-0.4, -0.2) is 13.2 Å². The summed E-state index contributed by atoms with van der Waals surface area (Å²) in [6.07, 6.45) is 0. The summed E-state index contributed by atoms with van der Waals surface area (Å²) in [4.78, 5) is 0.